The minimum Gasteiger partial charge on any atom is -0.487 e. The molecule has 1 amide bonds. The number of halogens is 1. The first kappa shape index (κ1) is 22.5. The smallest absolute Gasteiger partial charge is 0.337 e. The third-order valence-corrected chi connectivity index (χ3v) is 4.10. The number of carbonyl (C=O) groups excluding carboxylic acids is 2. The largest absolute Gasteiger partial charge is 0.487 e. The van der Waals surface area contributed by atoms with Crippen molar-refractivity contribution in [1.29, 1.82) is 0 Å². The van der Waals surface area contributed by atoms with Gasteiger partial charge in [0.25, 0.3) is 0 Å². The zero-order valence-corrected chi connectivity index (χ0v) is 16.4. The Hall–Kier alpha value is -2.57. The van der Waals surface area contributed by atoms with Crippen LogP contribution in [0, 0.1) is 5.92 Å². The zero-order valence-electron chi connectivity index (χ0n) is 15.6. The third-order valence-electron chi connectivity index (χ3n) is 4.10. The van der Waals surface area contributed by atoms with Crippen LogP contribution in [0.5, 0.6) is 5.75 Å². The van der Waals surface area contributed by atoms with E-state index in [1.165, 1.54) is 13.2 Å². The topological polar surface area (TPSA) is 90.6 Å². The van der Waals surface area contributed by atoms with Crippen molar-refractivity contribution in [3.8, 4) is 5.75 Å². The highest BCUT2D eigenvalue weighted by molar-refractivity contribution is 5.97. The van der Waals surface area contributed by atoms with Gasteiger partial charge in [-0.3, -0.25) is 4.79 Å². The fourth-order valence-corrected chi connectivity index (χ4v) is 2.22. The van der Waals surface area contributed by atoms with Crippen molar-refractivity contribution in [3.63, 3.8) is 0 Å². The molecule has 0 bridgehead atoms. The van der Waals surface area contributed by atoms with E-state index in [0.717, 1.165) is 5.56 Å². The van der Waals surface area contributed by atoms with Crippen LogP contribution in [0.3, 0.4) is 0 Å². The molecule has 0 saturated heterocycles. The van der Waals surface area contributed by atoms with Crippen molar-refractivity contribution in [3.05, 3.63) is 59.7 Å². The second-order valence-electron chi connectivity index (χ2n) is 6.11. The Morgan fingerprint density at radius 1 is 1.11 bits per heavy atom. The van der Waals surface area contributed by atoms with E-state index in [1.54, 1.807) is 26.0 Å². The Balaban J connectivity index is 0.00000364. The predicted octanol–water partition coefficient (Wildman–Crippen LogP) is 3.40. The van der Waals surface area contributed by atoms with Crippen molar-refractivity contribution < 1.29 is 19.1 Å². The number of rotatable bonds is 7. The van der Waals surface area contributed by atoms with Crippen LogP contribution in [-0.2, 0) is 16.1 Å². The number of ether oxygens (including phenoxy) is 2. The molecule has 0 heterocycles. The first-order chi connectivity index (χ1) is 12.4. The third kappa shape index (κ3) is 6.27. The molecule has 3 N–H and O–H groups in total. The average Bonchev–Trinajstić information content (AvgIpc) is 2.66. The molecule has 2 rings (SSSR count). The lowest BCUT2D eigenvalue weighted by molar-refractivity contribution is -0.119. The second-order valence-corrected chi connectivity index (χ2v) is 6.11. The van der Waals surface area contributed by atoms with Gasteiger partial charge in [-0.2, -0.15) is 0 Å². The van der Waals surface area contributed by atoms with E-state index in [1.807, 2.05) is 30.3 Å². The number of carbonyl (C=O) groups is 2. The molecule has 0 spiro atoms. The molecule has 7 heteroatoms. The number of hydrogen-bond acceptors (Lipinski definition) is 5. The molecule has 2 atom stereocenters. The molecular formula is C20H25ClN2O4. The van der Waals surface area contributed by atoms with Crippen LogP contribution < -0.4 is 15.8 Å². The average molecular weight is 393 g/mol. The van der Waals surface area contributed by atoms with E-state index in [0.29, 0.717) is 23.6 Å². The molecule has 2 unspecified atom stereocenters. The van der Waals surface area contributed by atoms with E-state index in [9.17, 15) is 9.59 Å². The maximum absolute atomic E-state index is 12.4. The lowest BCUT2D eigenvalue weighted by Gasteiger charge is -2.18. The minimum absolute atomic E-state index is 0. The van der Waals surface area contributed by atoms with Gasteiger partial charge in [0.15, 0.2) is 0 Å². The molecule has 6 nitrogen and oxygen atoms in total. The van der Waals surface area contributed by atoms with Gasteiger partial charge >= 0.3 is 5.97 Å². The van der Waals surface area contributed by atoms with Crippen molar-refractivity contribution in [2.75, 3.05) is 12.4 Å². The quantitative estimate of drug-likeness (QED) is 0.705. The molecule has 0 aliphatic rings. The number of anilines is 1. The second kappa shape index (κ2) is 10.5. The Morgan fingerprint density at radius 3 is 2.37 bits per heavy atom. The summed E-state index contributed by atoms with van der Waals surface area (Å²) in [4.78, 5) is 24.2. The number of methoxy groups -OCH3 is 1. The summed E-state index contributed by atoms with van der Waals surface area (Å²) < 4.78 is 10.6. The van der Waals surface area contributed by atoms with Gasteiger partial charge in [-0.05, 0) is 30.7 Å². The van der Waals surface area contributed by atoms with Gasteiger partial charge in [0.2, 0.25) is 5.91 Å². The summed E-state index contributed by atoms with van der Waals surface area (Å²) in [6, 6.07) is 14.1. The Kier molecular flexibility index (Phi) is 8.78. The maximum Gasteiger partial charge on any atom is 0.337 e. The van der Waals surface area contributed by atoms with Gasteiger partial charge in [0, 0.05) is 6.04 Å². The number of nitrogens with one attached hydrogen (secondary N) is 1. The first-order valence-electron chi connectivity index (χ1n) is 8.38. The van der Waals surface area contributed by atoms with Crippen LogP contribution in [0.4, 0.5) is 5.69 Å². The van der Waals surface area contributed by atoms with E-state index < -0.39 is 11.9 Å². The molecule has 2 aromatic carbocycles. The van der Waals surface area contributed by atoms with Gasteiger partial charge in [0.1, 0.15) is 12.4 Å². The normalized spacial score (nSPS) is 12.3. The summed E-state index contributed by atoms with van der Waals surface area (Å²) in [6.45, 7) is 3.85. The zero-order chi connectivity index (χ0) is 19.1. The minimum atomic E-state index is -0.490. The van der Waals surface area contributed by atoms with Crippen LogP contribution in [0.25, 0.3) is 0 Å². The standard InChI is InChI=1S/C20H24N2O4.ClH/c1-13(14(2)21)19(23)22-17-11-16(20(24)25-3)9-10-18(17)26-12-15-7-5-4-6-8-15;/h4-11,13-14H,12,21H2,1-3H3,(H,22,23);1H. The summed E-state index contributed by atoms with van der Waals surface area (Å²) >= 11 is 0. The summed E-state index contributed by atoms with van der Waals surface area (Å²) in [6.07, 6.45) is 0. The molecule has 0 aliphatic carbocycles. The Morgan fingerprint density at radius 2 is 1.78 bits per heavy atom. The van der Waals surface area contributed by atoms with Gasteiger partial charge in [-0.1, -0.05) is 37.3 Å². The van der Waals surface area contributed by atoms with Crippen LogP contribution >= 0.6 is 12.4 Å². The molecule has 146 valence electrons. The molecule has 27 heavy (non-hydrogen) atoms. The van der Waals surface area contributed by atoms with E-state index in [-0.39, 0.29) is 24.4 Å². The monoisotopic (exact) mass is 392 g/mol. The van der Waals surface area contributed by atoms with E-state index in [4.69, 9.17) is 15.2 Å². The summed E-state index contributed by atoms with van der Waals surface area (Å²) in [5, 5.41) is 2.80. The van der Waals surface area contributed by atoms with E-state index in [2.05, 4.69) is 5.32 Å². The highest BCUT2D eigenvalue weighted by Gasteiger charge is 2.20. The maximum atomic E-state index is 12.4. The number of benzene rings is 2. The number of hydrogen-bond donors (Lipinski definition) is 2. The van der Waals surface area contributed by atoms with Gasteiger partial charge in [0.05, 0.1) is 24.3 Å². The molecule has 0 aromatic heterocycles. The lowest BCUT2D eigenvalue weighted by Crippen LogP contribution is -2.34. The highest BCUT2D eigenvalue weighted by atomic mass is 35.5. The van der Waals surface area contributed by atoms with E-state index >= 15 is 0 Å². The number of amides is 1. The van der Waals surface area contributed by atoms with Crippen molar-refractivity contribution in [2.24, 2.45) is 11.7 Å². The molecule has 0 aliphatic heterocycles. The van der Waals surface area contributed by atoms with Gasteiger partial charge in [-0.25, -0.2) is 4.79 Å². The SMILES string of the molecule is COC(=O)c1ccc(OCc2ccccc2)c(NC(=O)C(C)C(C)N)c1.Cl. The molecular weight excluding hydrogens is 368 g/mol. The molecule has 2 aromatic rings. The molecule has 0 fully saturated rings. The summed E-state index contributed by atoms with van der Waals surface area (Å²) in [5.74, 6) is -0.660. The Bertz CT molecular complexity index is 766. The molecule has 0 saturated carbocycles. The fourth-order valence-electron chi connectivity index (χ4n) is 2.22. The summed E-state index contributed by atoms with van der Waals surface area (Å²) in [7, 11) is 1.30. The van der Waals surface area contributed by atoms with Crippen LogP contribution in [0.15, 0.2) is 48.5 Å². The van der Waals surface area contributed by atoms with Gasteiger partial charge < -0.3 is 20.5 Å². The van der Waals surface area contributed by atoms with Crippen LogP contribution in [0.2, 0.25) is 0 Å². The first-order valence-corrected chi connectivity index (χ1v) is 8.38. The van der Waals surface area contributed by atoms with Crippen molar-refractivity contribution >= 4 is 30.0 Å². The van der Waals surface area contributed by atoms with Crippen molar-refractivity contribution in [1.82, 2.24) is 0 Å². The van der Waals surface area contributed by atoms with Crippen molar-refractivity contribution in [2.45, 2.75) is 26.5 Å². The molecule has 0 radical (unpaired) electrons. The summed E-state index contributed by atoms with van der Waals surface area (Å²) in [5.41, 5.74) is 7.51. The van der Waals surface area contributed by atoms with Crippen LogP contribution in [-0.4, -0.2) is 25.0 Å². The van der Waals surface area contributed by atoms with Gasteiger partial charge in [-0.15, -0.1) is 12.4 Å². The Labute approximate surface area is 165 Å². The fraction of sp³-hybridized carbons (Fsp3) is 0.300. The number of esters is 1. The highest BCUT2D eigenvalue weighted by Crippen LogP contribution is 2.28. The van der Waals surface area contributed by atoms with Crippen LogP contribution in [0.1, 0.15) is 29.8 Å². The number of nitrogens with two attached hydrogens (primary N) is 1. The predicted molar refractivity (Wildman–Crippen MR) is 107 cm³/mol. The lowest BCUT2D eigenvalue weighted by atomic mass is 10.0.